The van der Waals surface area contributed by atoms with Crippen molar-refractivity contribution < 1.29 is 4.74 Å². The van der Waals surface area contributed by atoms with Gasteiger partial charge in [0.25, 0.3) is 0 Å². The van der Waals surface area contributed by atoms with E-state index in [-0.39, 0.29) is 0 Å². The van der Waals surface area contributed by atoms with E-state index in [4.69, 9.17) is 4.74 Å². The molecule has 3 unspecified atom stereocenters. The summed E-state index contributed by atoms with van der Waals surface area (Å²) in [6.45, 7) is 3.63. The van der Waals surface area contributed by atoms with E-state index >= 15 is 0 Å². The number of halogens is 1. The molecule has 0 saturated carbocycles. The largest absolute Gasteiger partial charge is 0.373 e. The van der Waals surface area contributed by atoms with Crippen LogP contribution in [0, 0.1) is 0 Å². The average Bonchev–Trinajstić information content (AvgIpc) is 3.08. The normalized spacial score (nSPS) is 27.9. The summed E-state index contributed by atoms with van der Waals surface area (Å²) in [5.74, 6) is 0.888. The van der Waals surface area contributed by atoms with Crippen LogP contribution in [-0.2, 0) is 11.3 Å². The van der Waals surface area contributed by atoms with Gasteiger partial charge in [-0.15, -0.1) is 0 Å². The lowest BCUT2D eigenvalue weighted by Crippen LogP contribution is -2.47. The van der Waals surface area contributed by atoms with Gasteiger partial charge in [0.15, 0.2) is 5.96 Å². The van der Waals surface area contributed by atoms with Gasteiger partial charge < -0.3 is 15.4 Å². The molecule has 2 N–H and O–H groups in total. The maximum atomic E-state index is 5.89. The SMILES string of the molecule is CCNC(=NCc1cccc(Br)c1)NC1CC2CCC1O2. The van der Waals surface area contributed by atoms with Crippen LogP contribution in [0.2, 0.25) is 0 Å². The van der Waals surface area contributed by atoms with Crippen LogP contribution >= 0.6 is 15.9 Å². The van der Waals surface area contributed by atoms with Crippen LogP contribution in [0.25, 0.3) is 0 Å². The first kappa shape index (κ1) is 14.9. The second kappa shape index (κ2) is 6.79. The second-order valence-electron chi connectivity index (χ2n) is 5.69. The number of fused-ring (bicyclic) bond motifs is 2. The maximum Gasteiger partial charge on any atom is 0.191 e. The molecule has 2 saturated heterocycles. The molecule has 2 bridgehead atoms. The molecule has 1 aromatic carbocycles. The molecule has 4 nitrogen and oxygen atoms in total. The number of guanidine groups is 1. The van der Waals surface area contributed by atoms with Crippen molar-refractivity contribution in [3.05, 3.63) is 34.3 Å². The molecule has 2 aliphatic rings. The number of hydrogen-bond acceptors (Lipinski definition) is 2. The molecule has 0 radical (unpaired) electrons. The number of nitrogens with one attached hydrogen (secondary N) is 2. The fourth-order valence-electron chi connectivity index (χ4n) is 3.09. The minimum atomic E-state index is 0.365. The summed E-state index contributed by atoms with van der Waals surface area (Å²) in [6.07, 6.45) is 4.32. The minimum Gasteiger partial charge on any atom is -0.373 e. The number of ether oxygens (including phenoxy) is 1. The van der Waals surface area contributed by atoms with Crippen molar-refractivity contribution in [1.29, 1.82) is 0 Å². The molecule has 0 spiro atoms. The van der Waals surface area contributed by atoms with Crippen LogP contribution in [0.1, 0.15) is 31.7 Å². The highest BCUT2D eigenvalue weighted by molar-refractivity contribution is 9.10. The summed E-state index contributed by atoms with van der Waals surface area (Å²) in [5, 5.41) is 6.86. The van der Waals surface area contributed by atoms with Gasteiger partial charge in [-0.25, -0.2) is 4.99 Å². The summed E-state index contributed by atoms with van der Waals surface area (Å²) in [5.41, 5.74) is 1.20. The molecule has 2 aliphatic heterocycles. The van der Waals surface area contributed by atoms with Crippen molar-refractivity contribution >= 4 is 21.9 Å². The van der Waals surface area contributed by atoms with Crippen molar-refractivity contribution in [2.75, 3.05) is 6.54 Å². The molecular weight excluding hydrogens is 330 g/mol. The van der Waals surface area contributed by atoms with Crippen LogP contribution in [0.4, 0.5) is 0 Å². The molecule has 0 amide bonds. The fourth-order valence-corrected chi connectivity index (χ4v) is 3.54. The van der Waals surface area contributed by atoms with Gasteiger partial charge in [0, 0.05) is 11.0 Å². The predicted octanol–water partition coefficient (Wildman–Crippen LogP) is 2.82. The van der Waals surface area contributed by atoms with Gasteiger partial charge in [-0.2, -0.15) is 0 Å². The lowest BCUT2D eigenvalue weighted by atomic mass is 9.96. The van der Waals surface area contributed by atoms with Crippen LogP contribution in [-0.4, -0.2) is 30.8 Å². The van der Waals surface area contributed by atoms with Crippen molar-refractivity contribution in [2.45, 2.75) is 51.0 Å². The molecule has 0 aromatic heterocycles. The van der Waals surface area contributed by atoms with Crippen molar-refractivity contribution in [2.24, 2.45) is 4.99 Å². The number of benzene rings is 1. The molecule has 3 atom stereocenters. The molecule has 5 heteroatoms. The van der Waals surface area contributed by atoms with E-state index in [1.54, 1.807) is 0 Å². The van der Waals surface area contributed by atoms with E-state index in [0.717, 1.165) is 23.4 Å². The standard InChI is InChI=1S/C16H22BrN3O/c1-2-18-16(19-10-11-4-3-5-12(17)8-11)20-14-9-13-6-7-15(14)21-13/h3-5,8,13-15H,2,6-7,9-10H2,1H3,(H2,18,19,20). The first-order valence-electron chi connectivity index (χ1n) is 7.69. The zero-order valence-electron chi connectivity index (χ0n) is 12.3. The Kier molecular flexibility index (Phi) is 4.80. The Bertz CT molecular complexity index is 520. The lowest BCUT2D eigenvalue weighted by molar-refractivity contribution is 0.0992. The Morgan fingerprint density at radius 1 is 1.43 bits per heavy atom. The molecule has 2 heterocycles. The van der Waals surface area contributed by atoms with E-state index in [0.29, 0.717) is 24.8 Å². The van der Waals surface area contributed by atoms with Gasteiger partial charge in [-0.1, -0.05) is 28.1 Å². The Labute approximate surface area is 134 Å². The third-order valence-electron chi connectivity index (χ3n) is 4.08. The Balaban J connectivity index is 1.62. The highest BCUT2D eigenvalue weighted by atomic mass is 79.9. The van der Waals surface area contributed by atoms with E-state index < -0.39 is 0 Å². The third-order valence-corrected chi connectivity index (χ3v) is 4.57. The van der Waals surface area contributed by atoms with E-state index in [2.05, 4.69) is 50.6 Å². The summed E-state index contributed by atoms with van der Waals surface area (Å²) in [4.78, 5) is 4.69. The van der Waals surface area contributed by atoms with Crippen molar-refractivity contribution in [1.82, 2.24) is 10.6 Å². The monoisotopic (exact) mass is 351 g/mol. The van der Waals surface area contributed by atoms with Gasteiger partial charge in [-0.3, -0.25) is 0 Å². The van der Waals surface area contributed by atoms with Crippen LogP contribution in [0.15, 0.2) is 33.7 Å². The number of hydrogen-bond donors (Lipinski definition) is 2. The molecular formula is C16H22BrN3O. The average molecular weight is 352 g/mol. The molecule has 3 rings (SSSR count). The van der Waals surface area contributed by atoms with Crippen LogP contribution in [0.5, 0.6) is 0 Å². The summed E-state index contributed by atoms with van der Waals surface area (Å²) < 4.78 is 6.98. The first-order valence-corrected chi connectivity index (χ1v) is 8.48. The lowest BCUT2D eigenvalue weighted by Gasteiger charge is -2.22. The Hall–Kier alpha value is -1.07. The summed E-state index contributed by atoms with van der Waals surface area (Å²) >= 11 is 3.50. The maximum absolute atomic E-state index is 5.89. The highest BCUT2D eigenvalue weighted by Gasteiger charge is 2.41. The number of nitrogens with zero attached hydrogens (tertiary/aromatic N) is 1. The highest BCUT2D eigenvalue weighted by Crippen LogP contribution is 2.34. The third kappa shape index (κ3) is 3.77. The van der Waals surface area contributed by atoms with Gasteiger partial charge >= 0.3 is 0 Å². The zero-order valence-corrected chi connectivity index (χ0v) is 13.9. The fraction of sp³-hybridized carbons (Fsp3) is 0.562. The minimum absolute atomic E-state index is 0.365. The topological polar surface area (TPSA) is 45.7 Å². The summed E-state index contributed by atoms with van der Waals surface area (Å²) in [7, 11) is 0. The molecule has 1 aromatic rings. The molecule has 2 fully saturated rings. The van der Waals surface area contributed by atoms with E-state index in [9.17, 15) is 0 Å². The molecule has 21 heavy (non-hydrogen) atoms. The van der Waals surface area contributed by atoms with Crippen molar-refractivity contribution in [3.63, 3.8) is 0 Å². The smallest absolute Gasteiger partial charge is 0.191 e. The van der Waals surface area contributed by atoms with E-state index in [1.165, 1.54) is 18.4 Å². The number of rotatable bonds is 4. The van der Waals surface area contributed by atoms with Gasteiger partial charge in [-0.05, 0) is 43.9 Å². The quantitative estimate of drug-likeness (QED) is 0.647. The van der Waals surface area contributed by atoms with E-state index in [1.807, 2.05) is 12.1 Å². The van der Waals surface area contributed by atoms with Gasteiger partial charge in [0.05, 0.1) is 24.8 Å². The van der Waals surface area contributed by atoms with Gasteiger partial charge in [0.2, 0.25) is 0 Å². The second-order valence-corrected chi connectivity index (χ2v) is 6.60. The first-order chi connectivity index (χ1) is 10.2. The van der Waals surface area contributed by atoms with Crippen molar-refractivity contribution in [3.8, 4) is 0 Å². The van der Waals surface area contributed by atoms with Gasteiger partial charge in [0.1, 0.15) is 0 Å². The Morgan fingerprint density at radius 2 is 2.33 bits per heavy atom. The predicted molar refractivity (Wildman–Crippen MR) is 88.4 cm³/mol. The van der Waals surface area contributed by atoms with Crippen LogP contribution < -0.4 is 10.6 Å². The van der Waals surface area contributed by atoms with Crippen LogP contribution in [0.3, 0.4) is 0 Å². The summed E-state index contributed by atoms with van der Waals surface area (Å²) in [6, 6.07) is 8.68. The molecule has 114 valence electrons. The Morgan fingerprint density at radius 3 is 3.00 bits per heavy atom. The number of aliphatic imine (C=N–C) groups is 1. The molecule has 0 aliphatic carbocycles. The zero-order chi connectivity index (χ0) is 14.7.